The summed E-state index contributed by atoms with van der Waals surface area (Å²) in [4.78, 5) is 0. The summed E-state index contributed by atoms with van der Waals surface area (Å²) in [5.41, 5.74) is 0. The Morgan fingerprint density at radius 2 is 0.554 bits per heavy atom. The van der Waals surface area contributed by atoms with Gasteiger partial charge in [-0.2, -0.15) is 0 Å². The van der Waals surface area contributed by atoms with Gasteiger partial charge in [0, 0.05) is 327 Å². The average molecular weight is 2140 g/mol. The van der Waals surface area contributed by atoms with Crippen LogP contribution in [0.1, 0.15) is 312 Å². The molecule has 8 aliphatic carbocycles. The molecule has 0 saturated heterocycles. The molecule has 0 spiro atoms. The van der Waals surface area contributed by atoms with Gasteiger partial charge < -0.3 is 65.8 Å². The number of allylic oxidation sites excluding steroid dienone is 30. The van der Waals surface area contributed by atoms with Crippen molar-refractivity contribution in [2.24, 2.45) is 23.7 Å². The first kappa shape index (κ1) is 170. The zero-order valence-electron chi connectivity index (χ0n) is 63.8. The molecule has 0 N–H and O–H groups in total. The summed E-state index contributed by atoms with van der Waals surface area (Å²) >= 11 is 0. The number of hydrogen-bond acceptors (Lipinski definition) is 0. The summed E-state index contributed by atoms with van der Waals surface area (Å²) in [5, 5.41) is 0. The number of fused-ring (bicyclic) bond motifs is 2. The Kier molecular flexibility index (Phi) is 308. The Labute approximate surface area is 894 Å². The summed E-state index contributed by atoms with van der Waals surface area (Å²) in [6.45, 7) is 68.7. The molecule has 101 heavy (non-hydrogen) atoms. The van der Waals surface area contributed by atoms with Crippen LogP contribution in [-0.2, 0) is 327 Å². The summed E-state index contributed by atoms with van der Waals surface area (Å²) in [6, 6.07) is 0. The fourth-order valence-corrected chi connectivity index (χ4v) is 7.65. The fraction of sp³-hybridized carbons (Fsp3) is 0.560. The molecular weight excluding hydrogens is 1980 g/mol. The molecule has 0 aromatic carbocycles. The van der Waals surface area contributed by atoms with Crippen LogP contribution in [0.15, 0.2) is 182 Å². The zero-order valence-corrected chi connectivity index (χ0v) is 92.2. The van der Waals surface area contributed by atoms with Crippen LogP contribution in [0.2, 0.25) is 0 Å². The second kappa shape index (κ2) is 182. The molecule has 10 heteroatoms. The van der Waals surface area contributed by atoms with Crippen molar-refractivity contribution in [2.75, 3.05) is 0 Å². The molecule has 0 unspecified atom stereocenters. The molecular formula is C91H158Y10-10. The molecule has 0 aliphatic heterocycles. The Morgan fingerprint density at radius 3 is 0.782 bits per heavy atom. The number of hydrogen-bond donors (Lipinski definition) is 0. The van der Waals surface area contributed by atoms with Crippen molar-refractivity contribution in [1.29, 1.82) is 0 Å². The molecule has 0 amide bonds. The SMILES string of the molecule is C.C.C.C.C.C1=CC1.C1=CC2CCC1CC2.C1=CCC1.C1=CCCC1.C1=CCCCCCC1.[CH-]=CC.[CH-]=CC.[CH-]=CC.[CH-]=CC.[CH-]=CC.[CH-]=CC/C=C\C.[CH-]=CC1CCC(/C=C\C)CC1.[CH-]=CCC/C=C\C.[CH-]=CCCC/C=C\C.[CH-]=CCCCCCC/C=C\C.[Y].[Y].[Y].[Y].[Y].[Y].[Y].[Y].[Y].[Y]. The third kappa shape index (κ3) is 209. The maximum Gasteiger partial charge on any atom is 0 e. The molecule has 2 bridgehead atoms. The summed E-state index contributed by atoms with van der Waals surface area (Å²) in [6.07, 6.45) is 101. The molecule has 0 heterocycles. The molecule has 8 rings (SSSR count). The largest absolute Gasteiger partial charge is 0.518 e. The Balaban J connectivity index is -0.0000000310. The van der Waals surface area contributed by atoms with Crippen molar-refractivity contribution in [2.45, 2.75) is 312 Å². The van der Waals surface area contributed by atoms with Crippen LogP contribution >= 0.6 is 0 Å². The van der Waals surface area contributed by atoms with Crippen LogP contribution in [0, 0.1) is 89.5 Å². The predicted octanol–water partition coefficient (Wildman–Crippen LogP) is 31.6. The van der Waals surface area contributed by atoms with Crippen LogP contribution in [0.5, 0.6) is 0 Å². The van der Waals surface area contributed by atoms with Crippen molar-refractivity contribution in [3.05, 3.63) is 248 Å². The van der Waals surface area contributed by atoms with E-state index in [2.05, 4.69) is 117 Å². The Hall–Kier alpha value is 5.84. The molecule has 2 fully saturated rings. The monoisotopic (exact) mass is 2140 g/mol. The fourth-order valence-electron chi connectivity index (χ4n) is 7.65. The third-order valence-corrected chi connectivity index (χ3v) is 12.4. The van der Waals surface area contributed by atoms with E-state index in [1.165, 1.54) is 197 Å². The minimum Gasteiger partial charge on any atom is -0.518 e. The Bertz CT molecular complexity index is 1620. The van der Waals surface area contributed by atoms with E-state index in [1.54, 1.807) is 58.9 Å². The molecule has 0 aromatic heterocycles. The van der Waals surface area contributed by atoms with Gasteiger partial charge in [-0.15, -0.1) is 0 Å². The van der Waals surface area contributed by atoms with Gasteiger partial charge in [0.05, 0.1) is 0 Å². The van der Waals surface area contributed by atoms with Gasteiger partial charge >= 0.3 is 0 Å². The van der Waals surface area contributed by atoms with E-state index in [0.717, 1.165) is 56.3 Å². The number of unbranched alkanes of at least 4 members (excludes halogenated alkanes) is 8. The van der Waals surface area contributed by atoms with Gasteiger partial charge in [-0.3, -0.25) is 60.8 Å². The van der Waals surface area contributed by atoms with E-state index >= 15 is 0 Å². The van der Waals surface area contributed by atoms with Gasteiger partial charge in [-0.1, -0.05) is 251 Å². The molecule has 0 aromatic rings. The smallest absolute Gasteiger partial charge is 0 e. The normalized spacial score (nSPS) is 14.9. The minimum absolute atomic E-state index is 0. The van der Waals surface area contributed by atoms with Gasteiger partial charge in [0.2, 0.25) is 0 Å². The number of rotatable bonds is 18. The molecule has 0 atom stereocenters. The molecule has 10 radical (unpaired) electrons. The average Bonchev–Trinajstić information content (AvgIpc) is 1.40. The van der Waals surface area contributed by atoms with Crippen LogP contribution in [0.25, 0.3) is 0 Å². The second-order valence-electron chi connectivity index (χ2n) is 20.7. The van der Waals surface area contributed by atoms with E-state index in [9.17, 15) is 0 Å². The van der Waals surface area contributed by atoms with Crippen molar-refractivity contribution in [3.8, 4) is 0 Å². The van der Waals surface area contributed by atoms with Crippen molar-refractivity contribution >= 4 is 0 Å². The summed E-state index contributed by atoms with van der Waals surface area (Å²) in [7, 11) is 0. The summed E-state index contributed by atoms with van der Waals surface area (Å²) in [5.74, 6) is 3.47. The van der Waals surface area contributed by atoms with Crippen LogP contribution in [0.4, 0.5) is 0 Å². The minimum atomic E-state index is 0. The van der Waals surface area contributed by atoms with Crippen LogP contribution in [-0.4, -0.2) is 0 Å². The second-order valence-corrected chi connectivity index (χ2v) is 20.7. The maximum absolute atomic E-state index is 5.48. The third-order valence-electron chi connectivity index (χ3n) is 12.4. The standard InChI is InChI=1S/C11H17.C11H19.C8H12.C8H14.C8H13.C7H11.C6H9.C5H8.C4H6.C3H4.5C3H5.5CH4.10Y/c1-3-5-11-8-6-10(4-2)7-9-11;1-3-5-7-9-11-10-8-6-4-2;1-2-8-5-3-7(1)4-6-8;1-2-4-6-8-7-5-3-1;1-3-5-7-8-6-4-2;1-3-5-7-6-4-2;1-3-5-6-4-2;1-2-4-5-3-1;1-2-4-3-1;1-2-3-1;5*1-3-2;;;;;;;;;;;;;;;/h2-5,10-11H,6-9H2,1H3;1,3-4,6H,5,7-11H2,2H3;1-2,7-8H,3-6H2;1-2H,3-8H2;1,3-4,6H,5,7-8H2,2H3;1,3-4,6H,5,7H2,2H3;1,3-4,6H,5H2,2H3;1-2H,3-5H2;1-2H,3-4H2;1-2H,3H2;5*1,3H,2H3;5*1H4;;;;;;;;;;/q2*-1;;;3*-1;;;;5*-1;;;;;;;;;;;;;;;/b5-3-;6-4-;;;3*6-4-;;;;;;;;;;;;;;;;;;;;;;;. The molecule has 2 saturated carbocycles. The van der Waals surface area contributed by atoms with E-state index < -0.39 is 0 Å². The van der Waals surface area contributed by atoms with Crippen molar-refractivity contribution in [1.82, 2.24) is 0 Å². The topological polar surface area (TPSA) is 0 Å². The molecule has 562 valence electrons. The van der Waals surface area contributed by atoms with Crippen molar-refractivity contribution < 1.29 is 327 Å². The van der Waals surface area contributed by atoms with Crippen LogP contribution in [0.3, 0.4) is 0 Å². The van der Waals surface area contributed by atoms with E-state index in [1.807, 2.05) is 45.1 Å². The quantitative estimate of drug-likeness (QED) is 0.0729. The molecule has 0 nitrogen and oxygen atoms in total. The van der Waals surface area contributed by atoms with Gasteiger partial charge in [0.1, 0.15) is 0 Å². The Morgan fingerprint density at radius 1 is 0.277 bits per heavy atom. The van der Waals surface area contributed by atoms with Gasteiger partial charge in [0.15, 0.2) is 0 Å². The first-order chi connectivity index (χ1) is 42.0. The predicted molar refractivity (Wildman–Crippen MR) is 432 cm³/mol. The van der Waals surface area contributed by atoms with E-state index in [-0.39, 0.29) is 364 Å². The van der Waals surface area contributed by atoms with Crippen LogP contribution < -0.4 is 0 Å². The van der Waals surface area contributed by atoms with Gasteiger partial charge in [-0.05, 0) is 206 Å². The summed E-state index contributed by atoms with van der Waals surface area (Å²) < 4.78 is 0. The van der Waals surface area contributed by atoms with E-state index in [4.69, 9.17) is 65.8 Å². The first-order valence-corrected chi connectivity index (χ1v) is 33.6. The van der Waals surface area contributed by atoms with Gasteiger partial charge in [0.25, 0.3) is 0 Å². The zero-order chi connectivity index (χ0) is 66.2. The van der Waals surface area contributed by atoms with Crippen molar-refractivity contribution in [3.63, 3.8) is 0 Å². The van der Waals surface area contributed by atoms with E-state index in [0.29, 0.717) is 5.92 Å². The maximum atomic E-state index is 5.48. The molecule has 8 aliphatic rings. The first-order valence-electron chi connectivity index (χ1n) is 33.6. The van der Waals surface area contributed by atoms with Gasteiger partial charge in [-0.25, -0.2) is 0 Å².